The first-order valence-corrected chi connectivity index (χ1v) is 3.78. The zero-order valence-corrected chi connectivity index (χ0v) is 6.62. The predicted octanol–water partition coefficient (Wildman–Crippen LogP) is 2.26. The van der Waals surface area contributed by atoms with Crippen LogP contribution in [0.2, 0.25) is 0 Å². The van der Waals surface area contributed by atoms with E-state index in [1.54, 1.807) is 6.33 Å². The van der Waals surface area contributed by atoms with Gasteiger partial charge in [-0.2, -0.15) is 0 Å². The molecule has 0 spiro atoms. The monoisotopic (exact) mass is 157 g/mol. The molecular weight excluding hydrogens is 148 g/mol. The number of nitrogens with zero attached hydrogens (tertiary/aromatic N) is 1. The van der Waals surface area contributed by atoms with E-state index in [0.717, 1.165) is 17.0 Å². The number of hydrogen-bond acceptors (Lipinski definition) is 1. The van der Waals surface area contributed by atoms with Gasteiger partial charge in [0.05, 0.1) is 12.0 Å². The van der Waals surface area contributed by atoms with Crippen LogP contribution in [0, 0.1) is 6.92 Å². The van der Waals surface area contributed by atoms with Crippen molar-refractivity contribution < 1.29 is 0 Å². The van der Waals surface area contributed by atoms with Gasteiger partial charge in [-0.15, -0.1) is 0 Å². The van der Waals surface area contributed by atoms with Crippen LogP contribution in [0.3, 0.4) is 0 Å². The van der Waals surface area contributed by atoms with Crippen molar-refractivity contribution in [2.75, 3.05) is 0 Å². The molecule has 2 heteroatoms. The maximum absolute atomic E-state index is 4.17. The van der Waals surface area contributed by atoms with Crippen molar-refractivity contribution in [3.05, 3.63) is 49.3 Å². The van der Waals surface area contributed by atoms with E-state index < -0.39 is 0 Å². The summed E-state index contributed by atoms with van der Waals surface area (Å²) in [7, 11) is 0. The van der Waals surface area contributed by atoms with Gasteiger partial charge in [0.25, 0.3) is 0 Å². The summed E-state index contributed by atoms with van der Waals surface area (Å²) in [5, 5.41) is 0. The second-order valence-electron chi connectivity index (χ2n) is 2.60. The van der Waals surface area contributed by atoms with Gasteiger partial charge in [0, 0.05) is 11.3 Å². The zero-order valence-electron chi connectivity index (χ0n) is 6.62. The Labute approximate surface area is 71.3 Å². The molecule has 1 heterocycles. The van der Waals surface area contributed by atoms with Crippen molar-refractivity contribution in [2.24, 2.45) is 0 Å². The van der Waals surface area contributed by atoms with Crippen LogP contribution < -0.4 is 0 Å². The molecule has 12 heavy (non-hydrogen) atoms. The lowest BCUT2D eigenvalue weighted by Crippen LogP contribution is -1.79. The summed E-state index contributed by atoms with van der Waals surface area (Å²) in [5.41, 5.74) is 2.89. The molecule has 0 atom stereocenters. The minimum absolute atomic E-state index is 0.862. The first-order chi connectivity index (χ1) is 5.88. The molecule has 2 rings (SSSR count). The molecule has 2 aromatic rings. The molecule has 2 nitrogen and oxygen atoms in total. The maximum Gasteiger partial charge on any atom is 0.0929 e. The van der Waals surface area contributed by atoms with Crippen LogP contribution in [0.5, 0.6) is 0 Å². The molecule has 0 aliphatic heterocycles. The summed E-state index contributed by atoms with van der Waals surface area (Å²) in [6.07, 6.45) is 1.66. The molecule has 1 radical (unpaired) electrons. The Morgan fingerprint density at radius 2 is 1.92 bits per heavy atom. The highest BCUT2D eigenvalue weighted by molar-refractivity contribution is 5.61. The third-order valence-corrected chi connectivity index (χ3v) is 1.77. The van der Waals surface area contributed by atoms with Gasteiger partial charge in [0.1, 0.15) is 0 Å². The van der Waals surface area contributed by atoms with Crippen LogP contribution in [0.4, 0.5) is 0 Å². The second kappa shape index (κ2) is 2.81. The summed E-state index contributed by atoms with van der Waals surface area (Å²) in [4.78, 5) is 7.11. The van der Waals surface area contributed by atoms with E-state index in [0.29, 0.717) is 0 Å². The summed E-state index contributed by atoms with van der Waals surface area (Å²) < 4.78 is 0. The Bertz CT molecular complexity index is 362. The number of rotatable bonds is 1. The fourth-order valence-corrected chi connectivity index (χ4v) is 1.17. The third-order valence-electron chi connectivity index (χ3n) is 1.77. The van der Waals surface area contributed by atoms with Crippen LogP contribution in [-0.2, 0) is 0 Å². The average Bonchev–Trinajstić information content (AvgIpc) is 2.53. The second-order valence-corrected chi connectivity index (χ2v) is 2.60. The fraction of sp³-hybridized carbons (Fsp3) is 0. The minimum atomic E-state index is 0.862. The van der Waals surface area contributed by atoms with Crippen molar-refractivity contribution in [1.82, 2.24) is 9.97 Å². The van der Waals surface area contributed by atoms with Crippen molar-refractivity contribution in [2.45, 2.75) is 0 Å². The topological polar surface area (TPSA) is 28.7 Å². The van der Waals surface area contributed by atoms with Crippen LogP contribution in [0.1, 0.15) is 5.69 Å². The first-order valence-electron chi connectivity index (χ1n) is 3.78. The number of aromatic nitrogens is 2. The number of imidazole rings is 1. The van der Waals surface area contributed by atoms with Gasteiger partial charge < -0.3 is 4.98 Å². The van der Waals surface area contributed by atoms with Crippen molar-refractivity contribution >= 4 is 0 Å². The molecular formula is C10H9N2. The molecule has 0 aliphatic carbocycles. The van der Waals surface area contributed by atoms with Crippen molar-refractivity contribution in [1.29, 1.82) is 0 Å². The first kappa shape index (κ1) is 7.10. The van der Waals surface area contributed by atoms with Gasteiger partial charge in [0.15, 0.2) is 0 Å². The number of H-pyrrole nitrogens is 1. The Hall–Kier alpha value is -1.57. The average molecular weight is 157 g/mol. The highest BCUT2D eigenvalue weighted by Gasteiger charge is 2.01. The standard InChI is InChI=1S/C10H9N2/c1-8-10(12-7-11-8)9-5-3-2-4-6-9/h2-7H,1H2,(H,11,12). The lowest BCUT2D eigenvalue weighted by Gasteiger charge is -1.96. The lowest BCUT2D eigenvalue weighted by atomic mass is 10.1. The zero-order chi connectivity index (χ0) is 8.39. The highest BCUT2D eigenvalue weighted by Crippen LogP contribution is 2.18. The SMILES string of the molecule is [CH2]c1[nH]cnc1-c1ccccc1. The number of benzene rings is 1. The molecule has 0 amide bonds. The van der Waals surface area contributed by atoms with E-state index in [2.05, 4.69) is 16.9 Å². The number of hydrogen-bond donors (Lipinski definition) is 1. The normalized spacial score (nSPS) is 10.1. The van der Waals surface area contributed by atoms with Crippen LogP contribution >= 0.6 is 0 Å². The van der Waals surface area contributed by atoms with Gasteiger partial charge in [-0.05, 0) is 6.92 Å². The molecule has 0 fully saturated rings. The van der Waals surface area contributed by atoms with Crippen LogP contribution in [0.15, 0.2) is 36.7 Å². The van der Waals surface area contributed by atoms with Crippen LogP contribution in [0.25, 0.3) is 11.3 Å². The Kier molecular flexibility index (Phi) is 1.67. The van der Waals surface area contributed by atoms with Crippen molar-refractivity contribution in [3.8, 4) is 11.3 Å². The molecule has 0 saturated heterocycles. The minimum Gasteiger partial charge on any atom is -0.348 e. The summed E-state index contributed by atoms with van der Waals surface area (Å²) in [6.45, 7) is 3.84. The van der Waals surface area contributed by atoms with Crippen LogP contribution in [-0.4, -0.2) is 9.97 Å². The van der Waals surface area contributed by atoms with E-state index in [9.17, 15) is 0 Å². The molecule has 1 aromatic carbocycles. The van der Waals surface area contributed by atoms with Gasteiger partial charge >= 0.3 is 0 Å². The highest BCUT2D eigenvalue weighted by atomic mass is 14.9. The fourth-order valence-electron chi connectivity index (χ4n) is 1.17. The van der Waals surface area contributed by atoms with Gasteiger partial charge in [-0.25, -0.2) is 4.98 Å². The predicted molar refractivity (Wildman–Crippen MR) is 48.5 cm³/mol. The maximum atomic E-state index is 4.17. The quantitative estimate of drug-likeness (QED) is 0.675. The molecule has 1 aromatic heterocycles. The number of aromatic amines is 1. The lowest BCUT2D eigenvalue weighted by molar-refractivity contribution is 1.30. The van der Waals surface area contributed by atoms with Gasteiger partial charge in [-0.1, -0.05) is 30.3 Å². The Morgan fingerprint density at radius 3 is 2.50 bits per heavy atom. The van der Waals surface area contributed by atoms with Crippen molar-refractivity contribution in [3.63, 3.8) is 0 Å². The van der Waals surface area contributed by atoms with E-state index in [4.69, 9.17) is 0 Å². The van der Waals surface area contributed by atoms with E-state index in [1.807, 2.05) is 30.3 Å². The van der Waals surface area contributed by atoms with Gasteiger partial charge in [-0.3, -0.25) is 0 Å². The molecule has 1 N–H and O–H groups in total. The summed E-state index contributed by atoms with van der Waals surface area (Å²) in [6, 6.07) is 10.0. The third kappa shape index (κ3) is 1.11. The molecule has 0 saturated carbocycles. The molecule has 0 aliphatic rings. The van der Waals surface area contributed by atoms with E-state index in [1.165, 1.54) is 0 Å². The molecule has 0 unspecified atom stereocenters. The van der Waals surface area contributed by atoms with Gasteiger partial charge in [0.2, 0.25) is 0 Å². The van der Waals surface area contributed by atoms with E-state index >= 15 is 0 Å². The molecule has 0 bridgehead atoms. The smallest absolute Gasteiger partial charge is 0.0929 e. The van der Waals surface area contributed by atoms with E-state index in [-0.39, 0.29) is 0 Å². The number of nitrogens with one attached hydrogen (secondary N) is 1. The Balaban J connectivity index is 2.51. The Morgan fingerprint density at radius 1 is 1.17 bits per heavy atom. The molecule has 59 valence electrons. The summed E-state index contributed by atoms with van der Waals surface area (Å²) in [5.74, 6) is 0. The largest absolute Gasteiger partial charge is 0.348 e. The summed E-state index contributed by atoms with van der Waals surface area (Å²) >= 11 is 0.